The lowest BCUT2D eigenvalue weighted by Gasteiger charge is -2.23. The van der Waals surface area contributed by atoms with Gasteiger partial charge in [0.2, 0.25) is 11.0 Å². The minimum atomic E-state index is -4.55. The quantitative estimate of drug-likeness (QED) is 0.378. The predicted octanol–water partition coefficient (Wildman–Crippen LogP) is 1.52. The summed E-state index contributed by atoms with van der Waals surface area (Å²) in [6.07, 6.45) is -4.35. The molecule has 6 nitrogen and oxygen atoms in total. The lowest BCUT2D eigenvalue weighted by Crippen LogP contribution is -2.33. The van der Waals surface area contributed by atoms with Crippen molar-refractivity contribution in [2.24, 2.45) is 10.9 Å². The molecule has 0 saturated heterocycles. The Labute approximate surface area is 105 Å². The Morgan fingerprint density at radius 3 is 2.67 bits per heavy atom. The van der Waals surface area contributed by atoms with Crippen molar-refractivity contribution in [3.05, 3.63) is 5.82 Å². The van der Waals surface area contributed by atoms with Crippen LogP contribution in [0, 0.1) is 0 Å². The first-order valence-corrected chi connectivity index (χ1v) is 5.63. The minimum Gasteiger partial charge on any atom is -0.409 e. The van der Waals surface area contributed by atoms with E-state index in [4.69, 9.17) is 10.9 Å². The molecule has 0 radical (unpaired) electrons. The van der Waals surface area contributed by atoms with E-state index in [0.29, 0.717) is 11.5 Å². The van der Waals surface area contributed by atoms with Gasteiger partial charge in [0.05, 0.1) is 0 Å². The van der Waals surface area contributed by atoms with Gasteiger partial charge in [0.25, 0.3) is 0 Å². The normalized spacial score (nSPS) is 14.6. The summed E-state index contributed by atoms with van der Waals surface area (Å²) in [5.74, 6) is -1.17. The molecule has 1 unspecified atom stereocenters. The second-order valence-electron chi connectivity index (χ2n) is 3.65. The number of hydrogen-bond acceptors (Lipinski definition) is 6. The van der Waals surface area contributed by atoms with Gasteiger partial charge in [0, 0.05) is 31.0 Å². The molecule has 102 valence electrons. The number of amidine groups is 1. The summed E-state index contributed by atoms with van der Waals surface area (Å²) in [7, 11) is 1.57. The molecule has 1 rings (SSSR count). The Kier molecular flexibility index (Phi) is 4.33. The van der Waals surface area contributed by atoms with Crippen molar-refractivity contribution in [2.45, 2.75) is 25.6 Å². The largest absolute Gasteiger partial charge is 0.452 e. The third-order valence-corrected chi connectivity index (χ3v) is 3.07. The van der Waals surface area contributed by atoms with Gasteiger partial charge in [0.15, 0.2) is 0 Å². The van der Waals surface area contributed by atoms with Crippen molar-refractivity contribution in [3.63, 3.8) is 0 Å². The van der Waals surface area contributed by atoms with Crippen LogP contribution in [0.2, 0.25) is 0 Å². The summed E-state index contributed by atoms with van der Waals surface area (Å²) in [4.78, 5) is 4.89. The number of nitrogens with zero attached hydrogens (tertiary/aromatic N) is 4. The van der Waals surface area contributed by atoms with E-state index in [9.17, 15) is 13.2 Å². The van der Waals surface area contributed by atoms with Crippen LogP contribution in [0.25, 0.3) is 0 Å². The van der Waals surface area contributed by atoms with E-state index in [2.05, 4.69) is 14.5 Å². The smallest absolute Gasteiger partial charge is 0.409 e. The SMILES string of the molecule is CC(CC(N)=NO)N(C)c1nc(C(F)(F)F)ns1. The first kappa shape index (κ1) is 14.5. The zero-order valence-corrected chi connectivity index (χ0v) is 10.5. The van der Waals surface area contributed by atoms with E-state index >= 15 is 0 Å². The molecule has 10 heteroatoms. The highest BCUT2D eigenvalue weighted by Crippen LogP contribution is 2.30. The molecule has 0 saturated carbocycles. The number of aromatic nitrogens is 2. The molecule has 3 N–H and O–H groups in total. The number of oxime groups is 1. The molecule has 1 aromatic heterocycles. The van der Waals surface area contributed by atoms with Crippen molar-refractivity contribution in [1.82, 2.24) is 9.36 Å². The Hall–Kier alpha value is -1.58. The fourth-order valence-corrected chi connectivity index (χ4v) is 1.89. The topological polar surface area (TPSA) is 87.6 Å². The molecule has 0 aliphatic carbocycles. The molecule has 1 atom stereocenters. The molecule has 0 fully saturated rings. The van der Waals surface area contributed by atoms with Crippen molar-refractivity contribution < 1.29 is 18.4 Å². The molecule has 0 aromatic carbocycles. The highest BCUT2D eigenvalue weighted by molar-refractivity contribution is 7.09. The molecule has 0 amide bonds. The molecule has 0 bridgehead atoms. The number of alkyl halides is 3. The van der Waals surface area contributed by atoms with Gasteiger partial charge in [-0.1, -0.05) is 5.16 Å². The highest BCUT2D eigenvalue weighted by Gasteiger charge is 2.36. The number of rotatable bonds is 4. The molecule has 0 spiro atoms. The number of hydrogen-bond donors (Lipinski definition) is 2. The molecular formula is C8H12F3N5OS. The average Bonchev–Trinajstić information content (AvgIpc) is 2.76. The van der Waals surface area contributed by atoms with Gasteiger partial charge in [-0.15, -0.1) is 0 Å². The van der Waals surface area contributed by atoms with Crippen LogP contribution in [-0.4, -0.2) is 33.5 Å². The van der Waals surface area contributed by atoms with E-state index < -0.39 is 12.0 Å². The number of anilines is 1. The average molecular weight is 283 g/mol. The minimum absolute atomic E-state index is 0.00471. The van der Waals surface area contributed by atoms with Crippen LogP contribution in [0.15, 0.2) is 5.16 Å². The van der Waals surface area contributed by atoms with Gasteiger partial charge in [0.1, 0.15) is 5.84 Å². The maximum absolute atomic E-state index is 12.3. The van der Waals surface area contributed by atoms with E-state index in [0.717, 1.165) is 0 Å². The summed E-state index contributed by atoms with van der Waals surface area (Å²) in [5, 5.41) is 11.3. The fourth-order valence-electron chi connectivity index (χ4n) is 1.14. The van der Waals surface area contributed by atoms with Gasteiger partial charge in [-0.3, -0.25) is 0 Å². The third kappa shape index (κ3) is 3.45. The summed E-state index contributed by atoms with van der Waals surface area (Å²) in [6, 6.07) is -0.269. The monoisotopic (exact) mass is 283 g/mol. The molecule has 0 aliphatic rings. The maximum Gasteiger partial charge on any atom is 0.452 e. The van der Waals surface area contributed by atoms with Gasteiger partial charge in [-0.05, 0) is 6.92 Å². The van der Waals surface area contributed by atoms with Gasteiger partial charge in [-0.25, -0.2) is 0 Å². The van der Waals surface area contributed by atoms with Gasteiger partial charge >= 0.3 is 6.18 Å². The summed E-state index contributed by atoms with van der Waals surface area (Å²) >= 11 is 0.649. The van der Waals surface area contributed by atoms with Crippen LogP contribution in [-0.2, 0) is 6.18 Å². The van der Waals surface area contributed by atoms with E-state index in [1.165, 1.54) is 4.90 Å². The van der Waals surface area contributed by atoms with E-state index in [1.54, 1.807) is 14.0 Å². The Morgan fingerprint density at radius 1 is 1.61 bits per heavy atom. The Bertz CT molecular complexity index is 433. The zero-order valence-electron chi connectivity index (χ0n) is 9.64. The first-order valence-electron chi connectivity index (χ1n) is 4.85. The van der Waals surface area contributed by atoms with Crippen LogP contribution in [0.1, 0.15) is 19.2 Å². The van der Waals surface area contributed by atoms with Crippen LogP contribution >= 0.6 is 11.5 Å². The fraction of sp³-hybridized carbons (Fsp3) is 0.625. The number of halogens is 3. The first-order chi connectivity index (χ1) is 8.25. The van der Waals surface area contributed by atoms with Crippen LogP contribution in [0.4, 0.5) is 18.3 Å². The van der Waals surface area contributed by atoms with Crippen molar-refractivity contribution in [3.8, 4) is 0 Å². The second kappa shape index (κ2) is 5.38. The van der Waals surface area contributed by atoms with Crippen LogP contribution in [0.5, 0.6) is 0 Å². The summed E-state index contributed by atoms with van der Waals surface area (Å²) in [6.45, 7) is 1.71. The standard InChI is InChI=1S/C8H12F3N5OS/c1-4(3-5(12)14-17)16(2)7-13-6(15-18-7)8(9,10)11/h4,17H,3H2,1-2H3,(H2,12,14). The van der Waals surface area contributed by atoms with Crippen LogP contribution < -0.4 is 10.6 Å². The lowest BCUT2D eigenvalue weighted by molar-refractivity contribution is -0.144. The summed E-state index contributed by atoms with van der Waals surface area (Å²) in [5.41, 5.74) is 5.32. The lowest BCUT2D eigenvalue weighted by atomic mass is 10.2. The maximum atomic E-state index is 12.3. The highest BCUT2D eigenvalue weighted by atomic mass is 32.1. The zero-order chi connectivity index (χ0) is 13.9. The Morgan fingerprint density at radius 2 is 2.22 bits per heavy atom. The van der Waals surface area contributed by atoms with E-state index in [1.807, 2.05) is 0 Å². The summed E-state index contributed by atoms with van der Waals surface area (Å²) < 4.78 is 40.2. The van der Waals surface area contributed by atoms with Crippen molar-refractivity contribution in [2.75, 3.05) is 11.9 Å². The van der Waals surface area contributed by atoms with Crippen molar-refractivity contribution >= 4 is 22.5 Å². The second-order valence-corrected chi connectivity index (χ2v) is 4.38. The molecule has 1 heterocycles. The van der Waals surface area contributed by atoms with Crippen molar-refractivity contribution in [1.29, 1.82) is 0 Å². The predicted molar refractivity (Wildman–Crippen MR) is 60.8 cm³/mol. The van der Waals surface area contributed by atoms with Gasteiger partial charge in [-0.2, -0.15) is 22.5 Å². The molecule has 0 aliphatic heterocycles. The molecular weight excluding hydrogens is 271 g/mol. The third-order valence-electron chi connectivity index (χ3n) is 2.26. The molecule has 1 aromatic rings. The van der Waals surface area contributed by atoms with E-state index in [-0.39, 0.29) is 23.4 Å². The van der Waals surface area contributed by atoms with Crippen LogP contribution in [0.3, 0.4) is 0 Å². The number of nitrogens with two attached hydrogens (primary N) is 1. The van der Waals surface area contributed by atoms with Gasteiger partial charge < -0.3 is 15.8 Å². The Balaban J connectivity index is 2.78. The molecule has 18 heavy (non-hydrogen) atoms.